The third-order valence-electron chi connectivity index (χ3n) is 0.967. The quantitative estimate of drug-likeness (QED) is 0.445. The molecule has 0 saturated heterocycles. The van der Waals surface area contributed by atoms with E-state index in [4.69, 9.17) is 0 Å². The van der Waals surface area contributed by atoms with Crippen molar-refractivity contribution in [3.8, 4) is 0 Å². The molecular formula is C9H14ClNO4S. The summed E-state index contributed by atoms with van der Waals surface area (Å²) < 4.78 is 18.8. The summed E-state index contributed by atoms with van der Waals surface area (Å²) in [4.78, 5) is 9.59. The van der Waals surface area contributed by atoms with Crippen molar-refractivity contribution >= 4 is 25.4 Å². The number of non-ortho nitro benzene ring substituents is 1. The van der Waals surface area contributed by atoms with E-state index in [1.54, 1.807) is 18.2 Å². The van der Waals surface area contributed by atoms with E-state index in [2.05, 4.69) is 10.7 Å². The van der Waals surface area contributed by atoms with E-state index in [1.807, 2.05) is 13.8 Å². The van der Waals surface area contributed by atoms with E-state index < -0.39 is 14.0 Å². The van der Waals surface area contributed by atoms with Crippen LogP contribution in [0.1, 0.15) is 13.8 Å². The van der Waals surface area contributed by atoms with Gasteiger partial charge in [0.15, 0.2) is 0 Å². The Morgan fingerprint density at radius 2 is 1.50 bits per heavy atom. The van der Waals surface area contributed by atoms with E-state index in [1.165, 1.54) is 12.1 Å². The summed E-state index contributed by atoms with van der Waals surface area (Å²) in [5, 5.41) is 10.0. The van der Waals surface area contributed by atoms with Gasteiger partial charge < -0.3 is 0 Å². The fourth-order valence-corrected chi connectivity index (χ4v) is 0.550. The molecule has 0 atom stereocenters. The maximum Gasteiger partial charge on any atom is 0.269 e. The van der Waals surface area contributed by atoms with Gasteiger partial charge in [-0.2, -0.15) is 0 Å². The zero-order chi connectivity index (χ0) is 13.2. The molecule has 0 heterocycles. The van der Waals surface area contributed by atoms with E-state index in [0.29, 0.717) is 0 Å². The highest BCUT2D eigenvalue weighted by Gasteiger charge is 1.98. The van der Waals surface area contributed by atoms with Crippen LogP contribution in [0.5, 0.6) is 0 Å². The van der Waals surface area contributed by atoms with Crippen LogP contribution in [0.4, 0.5) is 5.69 Å². The molecular weight excluding hydrogens is 254 g/mol. The third kappa shape index (κ3) is 15.3. The van der Waals surface area contributed by atoms with Crippen LogP contribution in [0, 0.1) is 10.1 Å². The minimum atomic E-state index is -3.19. The summed E-state index contributed by atoms with van der Waals surface area (Å²) in [6.07, 6.45) is 0.925. The molecule has 0 saturated carbocycles. The van der Waals surface area contributed by atoms with Crippen LogP contribution < -0.4 is 0 Å². The SMILES string of the molecule is CC.CS(=O)(=O)Cl.O=[N+]([O-])c1ccccc1. The lowest BCUT2D eigenvalue weighted by atomic mass is 10.3. The Morgan fingerprint density at radius 1 is 1.19 bits per heavy atom. The van der Waals surface area contributed by atoms with Gasteiger partial charge in [0, 0.05) is 22.8 Å². The summed E-state index contributed by atoms with van der Waals surface area (Å²) in [5.41, 5.74) is 0.137. The number of nitro groups is 1. The number of hydrogen-bond acceptors (Lipinski definition) is 4. The first-order valence-electron chi connectivity index (χ1n) is 4.40. The number of nitro benzene ring substituents is 1. The lowest BCUT2D eigenvalue weighted by Crippen LogP contribution is -1.84. The molecule has 0 N–H and O–H groups in total. The van der Waals surface area contributed by atoms with Gasteiger partial charge in [-0.3, -0.25) is 10.1 Å². The van der Waals surface area contributed by atoms with Gasteiger partial charge >= 0.3 is 0 Å². The van der Waals surface area contributed by atoms with Crippen LogP contribution in [0.3, 0.4) is 0 Å². The smallest absolute Gasteiger partial charge is 0.258 e. The molecule has 0 unspecified atom stereocenters. The second kappa shape index (κ2) is 9.11. The summed E-state index contributed by atoms with van der Waals surface area (Å²) in [7, 11) is 1.31. The van der Waals surface area contributed by atoms with Gasteiger partial charge in [-0.05, 0) is 0 Å². The Hall–Kier alpha value is -1.14. The largest absolute Gasteiger partial charge is 0.269 e. The Morgan fingerprint density at radius 3 is 1.69 bits per heavy atom. The Bertz CT molecular complexity index is 383. The molecule has 0 aliphatic heterocycles. The molecule has 0 spiro atoms. The van der Waals surface area contributed by atoms with Crippen molar-refractivity contribution in [3.05, 3.63) is 40.4 Å². The molecule has 0 aliphatic carbocycles. The zero-order valence-corrected chi connectivity index (χ0v) is 10.8. The predicted molar refractivity (Wildman–Crippen MR) is 65.1 cm³/mol. The number of nitrogens with zero attached hydrogens (tertiary/aromatic N) is 1. The molecule has 0 aliphatic rings. The highest BCUT2D eigenvalue weighted by atomic mass is 35.7. The van der Waals surface area contributed by atoms with Crippen LogP contribution in [0.2, 0.25) is 0 Å². The van der Waals surface area contributed by atoms with Crippen LogP contribution >= 0.6 is 10.7 Å². The third-order valence-corrected chi connectivity index (χ3v) is 0.967. The molecule has 1 aromatic rings. The van der Waals surface area contributed by atoms with Gasteiger partial charge in [0.05, 0.1) is 11.2 Å². The van der Waals surface area contributed by atoms with Crippen LogP contribution in [0.15, 0.2) is 30.3 Å². The number of rotatable bonds is 1. The predicted octanol–water partition coefficient (Wildman–Crippen LogP) is 2.81. The lowest BCUT2D eigenvalue weighted by molar-refractivity contribution is -0.384. The first kappa shape index (κ1) is 17.3. The van der Waals surface area contributed by atoms with Gasteiger partial charge in [0.1, 0.15) is 0 Å². The van der Waals surface area contributed by atoms with Crippen molar-refractivity contribution in [2.45, 2.75) is 13.8 Å². The number of benzene rings is 1. The van der Waals surface area contributed by atoms with E-state index in [-0.39, 0.29) is 5.69 Å². The van der Waals surface area contributed by atoms with Crippen LogP contribution in [-0.2, 0) is 9.05 Å². The number of hydrogen-bond donors (Lipinski definition) is 0. The maximum absolute atomic E-state index is 10.0. The number of para-hydroxylation sites is 1. The average molecular weight is 268 g/mol. The Kier molecular flexibility index (Phi) is 9.83. The van der Waals surface area contributed by atoms with Gasteiger partial charge in [-0.15, -0.1) is 0 Å². The van der Waals surface area contributed by atoms with Crippen molar-refractivity contribution in [3.63, 3.8) is 0 Å². The lowest BCUT2D eigenvalue weighted by Gasteiger charge is -1.85. The molecule has 0 bridgehead atoms. The van der Waals surface area contributed by atoms with Gasteiger partial charge in [0.25, 0.3) is 5.69 Å². The molecule has 7 heteroatoms. The van der Waals surface area contributed by atoms with Gasteiger partial charge in [0.2, 0.25) is 9.05 Å². The first-order valence-corrected chi connectivity index (χ1v) is 7.11. The molecule has 0 aromatic heterocycles. The molecule has 0 fully saturated rings. The average Bonchev–Trinajstić information content (AvgIpc) is 2.20. The summed E-state index contributed by atoms with van der Waals surface area (Å²) in [6.45, 7) is 4.00. The van der Waals surface area contributed by atoms with Gasteiger partial charge in [-0.1, -0.05) is 32.0 Å². The van der Waals surface area contributed by atoms with Gasteiger partial charge in [-0.25, -0.2) is 8.42 Å². The van der Waals surface area contributed by atoms with E-state index >= 15 is 0 Å². The van der Waals surface area contributed by atoms with E-state index in [0.717, 1.165) is 6.26 Å². The van der Waals surface area contributed by atoms with Crippen molar-refractivity contribution < 1.29 is 13.3 Å². The van der Waals surface area contributed by atoms with Crippen molar-refractivity contribution in [1.29, 1.82) is 0 Å². The molecule has 1 rings (SSSR count). The fourth-order valence-electron chi connectivity index (χ4n) is 0.550. The normalized spacial score (nSPS) is 9.00. The van der Waals surface area contributed by atoms with Crippen molar-refractivity contribution in [1.82, 2.24) is 0 Å². The van der Waals surface area contributed by atoms with E-state index in [9.17, 15) is 18.5 Å². The minimum Gasteiger partial charge on any atom is -0.258 e. The fraction of sp³-hybridized carbons (Fsp3) is 0.333. The molecule has 92 valence electrons. The topological polar surface area (TPSA) is 77.3 Å². The second-order valence-electron chi connectivity index (χ2n) is 2.27. The Balaban J connectivity index is 0. The second-order valence-corrected chi connectivity index (χ2v) is 5.32. The summed E-state index contributed by atoms with van der Waals surface area (Å²) in [6, 6.07) is 7.93. The van der Waals surface area contributed by atoms with Crippen LogP contribution in [0.25, 0.3) is 0 Å². The minimum absolute atomic E-state index is 0.137. The zero-order valence-electron chi connectivity index (χ0n) is 9.25. The molecule has 5 nitrogen and oxygen atoms in total. The van der Waals surface area contributed by atoms with Crippen molar-refractivity contribution in [2.24, 2.45) is 0 Å². The highest BCUT2D eigenvalue weighted by Crippen LogP contribution is 2.06. The monoisotopic (exact) mass is 267 g/mol. The maximum atomic E-state index is 10.0. The van der Waals surface area contributed by atoms with Crippen LogP contribution in [-0.4, -0.2) is 19.6 Å². The van der Waals surface area contributed by atoms with Crippen molar-refractivity contribution in [2.75, 3.05) is 6.26 Å². The highest BCUT2D eigenvalue weighted by molar-refractivity contribution is 8.13. The Labute approximate surface area is 99.6 Å². The summed E-state index contributed by atoms with van der Waals surface area (Å²) >= 11 is 0. The molecule has 16 heavy (non-hydrogen) atoms. The number of halogens is 1. The summed E-state index contributed by atoms with van der Waals surface area (Å²) in [5.74, 6) is 0. The molecule has 1 aromatic carbocycles. The first-order chi connectivity index (χ1) is 7.30. The molecule has 0 amide bonds. The molecule has 0 radical (unpaired) electrons. The standard InChI is InChI=1S/C6H5NO2.C2H6.CH3ClO2S/c8-7(9)6-4-2-1-3-5-6;1-2;1-5(2,3)4/h1-5H;1-2H3;1H3.